The molecule has 401 valence electrons. The Bertz CT molecular complexity index is 2120. The number of likely N-dealkylation sites (N-methyl/N-ethyl adjacent to an activating group) is 2. The van der Waals surface area contributed by atoms with Crippen LogP contribution in [-0.4, -0.2) is 163 Å². The molecule has 0 aromatic heterocycles. The Hall–Kier alpha value is -5.53. The van der Waals surface area contributed by atoms with E-state index >= 15 is 0 Å². The number of likely N-dealkylation sites (tertiary alicyclic amines) is 2. The van der Waals surface area contributed by atoms with E-state index in [1.54, 1.807) is 49.9 Å². The second kappa shape index (κ2) is 30.6. The van der Waals surface area contributed by atoms with Gasteiger partial charge in [-0.05, 0) is 89.2 Å². The number of halogens is 2. The van der Waals surface area contributed by atoms with Gasteiger partial charge >= 0.3 is 17.9 Å². The van der Waals surface area contributed by atoms with Crippen molar-refractivity contribution < 1.29 is 57.8 Å². The van der Waals surface area contributed by atoms with Crippen molar-refractivity contribution >= 4 is 78.8 Å². The van der Waals surface area contributed by atoms with Crippen molar-refractivity contribution in [3.05, 3.63) is 90.6 Å². The maximum absolute atomic E-state index is 13.6. The number of carbonyl (C=O) groups excluding carboxylic acids is 7. The average Bonchev–Trinajstić information content (AvgIpc) is 4.15. The first-order chi connectivity index (χ1) is 34.3. The number of esters is 3. The molecular formula is C52H73BCl2N5O13. The third-order valence-electron chi connectivity index (χ3n) is 13.5. The molecule has 1 aromatic carbocycles. The average molecular weight is 1060 g/mol. The SMILES string of the molecule is C=CCCCCN(C)C(=O)[C@@H]1C[C@@H](O)CN1C(=O)C[C@]1(C(=O)OCC)C[C@H]1C=C.C=CCCCCN(C)C(=O)[C@@H]1C[C@@H](OC(=O)c2ccc([N+](=O)[O-])cc2)CN1C(=O)C[C@]1(C(=O)OCC)C[C@H]1C=C.ClCCl.[B]. The summed E-state index contributed by atoms with van der Waals surface area (Å²) >= 11 is 9.53. The number of aliphatic hydroxyl groups excluding tert-OH is 1. The number of carbonyl (C=O) groups is 7. The fourth-order valence-corrected chi connectivity index (χ4v) is 9.26. The van der Waals surface area contributed by atoms with Crippen molar-refractivity contribution in [1.29, 1.82) is 0 Å². The lowest BCUT2D eigenvalue weighted by Crippen LogP contribution is -2.47. The van der Waals surface area contributed by atoms with Crippen LogP contribution in [0.5, 0.6) is 0 Å². The maximum Gasteiger partial charge on any atom is 0.338 e. The standard InChI is InChI=1S/C29H37N3O8.C22H34N2O5.CH2Cl2.B/c1-5-8-9-10-15-30(4)26(34)24-16-23(40-27(35)20-11-13-22(14-12-20)32(37)38)19-31(24)25(33)18-29(17-21(29)6-2)28(36)39-7-3;1-5-8-9-10-11-23(4)20(27)18-12-17(25)15-24(18)19(26)14-22(13-16(22)6-2)21(28)29-7-3;2-1-3;/h5-6,11-14,21,23-24H,1-2,7-10,15-19H2,3-4H3;5-6,16-18,25H,1-2,7-15H2,3-4H3;1H2;/t21-,23-,24+,29-;16-,17-,18+,22-;;/m11../s1. The van der Waals surface area contributed by atoms with E-state index < -0.39 is 57.9 Å². The molecular weight excluding hydrogens is 984 g/mol. The molecule has 0 spiro atoms. The minimum absolute atomic E-state index is 0. The van der Waals surface area contributed by atoms with Gasteiger partial charge in [0, 0.05) is 80.0 Å². The van der Waals surface area contributed by atoms with Crippen molar-refractivity contribution in [3.8, 4) is 0 Å². The number of nitro benzene ring substituents is 1. The monoisotopic (exact) mass is 1060 g/mol. The topological polar surface area (TPSA) is 224 Å². The Kier molecular flexibility index (Phi) is 26.7. The van der Waals surface area contributed by atoms with Crippen molar-refractivity contribution in [2.24, 2.45) is 22.7 Å². The Labute approximate surface area is 441 Å². The van der Waals surface area contributed by atoms with Crippen molar-refractivity contribution in [2.45, 2.75) is 115 Å². The lowest BCUT2D eigenvalue weighted by molar-refractivity contribution is -0.384. The largest absolute Gasteiger partial charge is 0.466 e. The third kappa shape index (κ3) is 17.3. The van der Waals surface area contributed by atoms with Gasteiger partial charge in [-0.15, -0.1) is 49.5 Å². The Morgan fingerprint density at radius 1 is 0.753 bits per heavy atom. The molecule has 4 fully saturated rings. The van der Waals surface area contributed by atoms with Gasteiger partial charge in [0.15, 0.2) is 0 Å². The highest BCUT2D eigenvalue weighted by Crippen LogP contribution is 2.58. The molecule has 0 bridgehead atoms. The number of β-amino-alcohol motifs (C(OH)–C–C–N with tert-alkyl or cyclic N) is 1. The molecule has 2 saturated heterocycles. The number of aliphatic hydroxyl groups is 1. The highest BCUT2D eigenvalue weighted by atomic mass is 35.5. The number of rotatable bonds is 25. The van der Waals surface area contributed by atoms with E-state index in [9.17, 15) is 48.8 Å². The zero-order chi connectivity index (χ0) is 53.8. The highest BCUT2D eigenvalue weighted by Gasteiger charge is 2.62. The van der Waals surface area contributed by atoms with Crippen molar-refractivity contribution in [1.82, 2.24) is 19.6 Å². The van der Waals surface area contributed by atoms with E-state index in [1.165, 1.54) is 34.1 Å². The summed E-state index contributed by atoms with van der Waals surface area (Å²) in [6, 6.07) is 3.44. The smallest absolute Gasteiger partial charge is 0.338 e. The molecule has 4 amide bonds. The Morgan fingerprint density at radius 3 is 1.56 bits per heavy atom. The number of non-ortho nitro benzene ring substituents is 1. The number of allylic oxidation sites excluding steroid dienone is 4. The van der Waals surface area contributed by atoms with Gasteiger partial charge < -0.3 is 38.9 Å². The lowest BCUT2D eigenvalue weighted by Gasteiger charge is -2.29. The highest BCUT2D eigenvalue weighted by molar-refractivity contribution is 6.40. The summed E-state index contributed by atoms with van der Waals surface area (Å²) in [7, 11) is 3.39. The van der Waals surface area contributed by atoms with Crippen LogP contribution >= 0.6 is 23.2 Å². The van der Waals surface area contributed by atoms with Crippen LogP contribution in [-0.2, 0) is 43.0 Å². The van der Waals surface area contributed by atoms with E-state index in [0.717, 1.165) is 38.5 Å². The predicted molar refractivity (Wildman–Crippen MR) is 278 cm³/mol. The Balaban J connectivity index is 0.000000489. The number of alkyl halides is 2. The molecule has 21 heteroatoms. The van der Waals surface area contributed by atoms with Gasteiger partial charge in [-0.1, -0.05) is 24.3 Å². The van der Waals surface area contributed by atoms with E-state index in [2.05, 4.69) is 26.3 Å². The number of hydrogen-bond donors (Lipinski definition) is 1. The quantitative estimate of drug-likeness (QED) is 0.0159. The summed E-state index contributed by atoms with van der Waals surface area (Å²) in [5.41, 5.74) is -1.94. The van der Waals surface area contributed by atoms with Crippen molar-refractivity contribution in [2.75, 3.05) is 58.8 Å². The number of nitrogens with zero attached hydrogens (tertiary/aromatic N) is 5. The Morgan fingerprint density at radius 2 is 1.18 bits per heavy atom. The molecule has 1 aromatic rings. The summed E-state index contributed by atoms with van der Waals surface area (Å²) in [6.07, 6.45) is 11.8. The maximum atomic E-state index is 13.6. The van der Waals surface area contributed by atoms with Crippen LogP contribution in [0.2, 0.25) is 0 Å². The molecule has 5 rings (SSSR count). The molecule has 1 N–H and O–H groups in total. The van der Waals surface area contributed by atoms with Crippen LogP contribution in [0.3, 0.4) is 0 Å². The molecule has 2 saturated carbocycles. The van der Waals surface area contributed by atoms with E-state index in [4.69, 9.17) is 37.4 Å². The van der Waals surface area contributed by atoms with Gasteiger partial charge in [0.05, 0.1) is 52.5 Å². The first kappa shape index (κ1) is 63.6. The molecule has 8 atom stereocenters. The molecule has 2 aliphatic carbocycles. The predicted octanol–water partition coefficient (Wildman–Crippen LogP) is 6.63. The zero-order valence-corrected chi connectivity index (χ0v) is 44.3. The second-order valence-electron chi connectivity index (χ2n) is 18.5. The van der Waals surface area contributed by atoms with Gasteiger partial charge in [0.25, 0.3) is 5.69 Å². The first-order valence-corrected chi connectivity index (χ1v) is 25.5. The van der Waals surface area contributed by atoms with Gasteiger partial charge in [-0.3, -0.25) is 38.9 Å². The number of benzene rings is 1. The van der Waals surface area contributed by atoms with Gasteiger partial charge in [0.2, 0.25) is 23.6 Å². The van der Waals surface area contributed by atoms with E-state index in [-0.39, 0.29) is 113 Å². The number of unbranched alkanes of at least 4 members (excludes halogenated alkanes) is 4. The molecule has 2 heterocycles. The van der Waals surface area contributed by atoms with E-state index in [0.29, 0.717) is 25.9 Å². The number of ether oxygens (including phenoxy) is 3. The van der Waals surface area contributed by atoms with Crippen LogP contribution in [0.25, 0.3) is 0 Å². The number of nitro groups is 1. The normalized spacial score (nSPS) is 24.0. The van der Waals surface area contributed by atoms with Gasteiger partial charge in [-0.25, -0.2) is 4.79 Å². The van der Waals surface area contributed by atoms with Gasteiger partial charge in [-0.2, -0.15) is 0 Å². The summed E-state index contributed by atoms with van der Waals surface area (Å²) in [6.45, 7) is 19.9. The molecule has 3 radical (unpaired) electrons. The minimum atomic E-state index is -1.01. The lowest BCUT2D eigenvalue weighted by atomic mass is 9.97. The van der Waals surface area contributed by atoms with Gasteiger partial charge in [0.1, 0.15) is 18.2 Å². The number of amides is 4. The summed E-state index contributed by atoms with van der Waals surface area (Å²) in [4.78, 5) is 107. The van der Waals surface area contributed by atoms with Crippen LogP contribution in [0, 0.1) is 32.8 Å². The third-order valence-corrected chi connectivity index (χ3v) is 13.5. The second-order valence-corrected chi connectivity index (χ2v) is 19.3. The van der Waals surface area contributed by atoms with Crippen LogP contribution < -0.4 is 0 Å². The van der Waals surface area contributed by atoms with Crippen molar-refractivity contribution in [3.63, 3.8) is 0 Å². The fraction of sp³-hybridized carbons (Fsp3) is 0.596. The molecule has 0 unspecified atom stereocenters. The summed E-state index contributed by atoms with van der Waals surface area (Å²) < 4.78 is 16.0. The van der Waals surface area contributed by atoms with E-state index in [1.807, 2.05) is 12.2 Å². The zero-order valence-electron chi connectivity index (χ0n) is 42.8. The van der Waals surface area contributed by atoms with Crippen LogP contribution in [0.1, 0.15) is 101 Å². The van der Waals surface area contributed by atoms with Crippen LogP contribution in [0.15, 0.2) is 74.9 Å². The molecule has 2 aliphatic heterocycles. The molecule has 73 heavy (non-hydrogen) atoms. The molecule has 18 nitrogen and oxygen atoms in total. The number of hydrogen-bond acceptors (Lipinski definition) is 13. The summed E-state index contributed by atoms with van der Waals surface area (Å²) in [5, 5.41) is 21.2. The minimum Gasteiger partial charge on any atom is -0.466 e. The fourth-order valence-electron chi connectivity index (χ4n) is 9.26. The summed E-state index contributed by atoms with van der Waals surface area (Å²) in [5.74, 6) is -3.00. The van der Waals surface area contributed by atoms with Crippen LogP contribution in [0.4, 0.5) is 5.69 Å². The first-order valence-electron chi connectivity index (χ1n) is 24.4. The molecule has 4 aliphatic rings.